The number of aromatic nitrogens is 3. The van der Waals surface area contributed by atoms with Crippen LogP contribution in [0.3, 0.4) is 0 Å². The number of para-hydroxylation sites is 2. The smallest absolute Gasteiger partial charge is 0.331 e. The number of aryl methyl sites for hydroxylation is 1. The third-order valence-corrected chi connectivity index (χ3v) is 6.83. The van der Waals surface area contributed by atoms with E-state index < -0.39 is 0 Å². The predicted octanol–water partition coefficient (Wildman–Crippen LogP) is 4.41. The van der Waals surface area contributed by atoms with Crippen LogP contribution >= 0.6 is 22.6 Å². The number of anilines is 1. The van der Waals surface area contributed by atoms with Gasteiger partial charge in [0, 0.05) is 14.1 Å². The Bertz CT molecular complexity index is 1670. The molecule has 8 heteroatoms. The summed E-state index contributed by atoms with van der Waals surface area (Å²) in [7, 11) is 3.23. The van der Waals surface area contributed by atoms with Crippen LogP contribution in [0.2, 0.25) is 0 Å². The van der Waals surface area contributed by atoms with Gasteiger partial charge in [-0.05, 0) is 52.4 Å². The molecular weight excluding hydrogens is 531 g/mol. The van der Waals surface area contributed by atoms with Crippen LogP contribution in [0.25, 0.3) is 27.8 Å². The Balaban J connectivity index is 1.88. The average molecular weight is 550 g/mol. The minimum absolute atomic E-state index is 0.320. The molecule has 0 radical (unpaired) electrons. The number of hydrogen-bond acceptors (Lipinski definition) is 4. The summed E-state index contributed by atoms with van der Waals surface area (Å²) >= 11 is 2.14. The largest absolute Gasteiger partial charge is 0.453 e. The third kappa shape index (κ3) is 2.80. The van der Waals surface area contributed by atoms with Gasteiger partial charge in [0.05, 0.1) is 33.7 Å². The highest BCUT2D eigenvalue weighted by molar-refractivity contribution is 14.1. The molecule has 0 saturated heterocycles. The summed E-state index contributed by atoms with van der Waals surface area (Å²) in [6.45, 7) is 0. The molecule has 0 spiro atoms. The van der Waals surface area contributed by atoms with Crippen LogP contribution < -0.4 is 16.6 Å². The predicted molar refractivity (Wildman–Crippen MR) is 136 cm³/mol. The Kier molecular flexibility index (Phi) is 4.41. The highest BCUT2D eigenvalue weighted by Gasteiger charge is 2.35. The van der Waals surface area contributed by atoms with Crippen molar-refractivity contribution in [2.45, 2.75) is 6.04 Å². The van der Waals surface area contributed by atoms with E-state index in [1.165, 1.54) is 11.6 Å². The van der Waals surface area contributed by atoms with Gasteiger partial charge >= 0.3 is 5.69 Å². The van der Waals surface area contributed by atoms with Crippen LogP contribution in [0.4, 0.5) is 5.69 Å². The fourth-order valence-electron chi connectivity index (χ4n) is 4.79. The van der Waals surface area contributed by atoms with Gasteiger partial charge in [-0.2, -0.15) is 0 Å². The van der Waals surface area contributed by atoms with Gasteiger partial charge in [0.25, 0.3) is 5.56 Å². The number of fused-ring (bicyclic) bond motifs is 5. The highest BCUT2D eigenvalue weighted by Crippen LogP contribution is 2.45. The van der Waals surface area contributed by atoms with Crippen molar-refractivity contribution in [3.05, 3.63) is 103 Å². The molecule has 0 fully saturated rings. The van der Waals surface area contributed by atoms with Crippen LogP contribution in [0.15, 0.2) is 80.7 Å². The van der Waals surface area contributed by atoms with Crippen molar-refractivity contribution in [1.29, 1.82) is 0 Å². The molecule has 1 aliphatic rings. The summed E-state index contributed by atoms with van der Waals surface area (Å²) in [6.07, 6.45) is 0. The van der Waals surface area contributed by atoms with Gasteiger partial charge in [-0.15, -0.1) is 0 Å². The molecule has 5 aromatic rings. The maximum Gasteiger partial charge on any atom is 0.331 e. The van der Waals surface area contributed by atoms with E-state index in [0.29, 0.717) is 16.7 Å². The topological polar surface area (TPSA) is 74.1 Å². The maximum absolute atomic E-state index is 13.6. The summed E-state index contributed by atoms with van der Waals surface area (Å²) in [5.41, 5.74) is 4.19. The number of rotatable bonds is 2. The molecular formula is C25H19IN4O3. The lowest BCUT2D eigenvalue weighted by Crippen LogP contribution is -2.37. The van der Waals surface area contributed by atoms with Gasteiger partial charge in [-0.3, -0.25) is 13.9 Å². The lowest BCUT2D eigenvalue weighted by atomic mass is 10.1. The summed E-state index contributed by atoms with van der Waals surface area (Å²) in [5, 5.41) is 4.08. The zero-order valence-corrected chi connectivity index (χ0v) is 20.0. The highest BCUT2D eigenvalue weighted by atomic mass is 127. The zero-order valence-electron chi connectivity index (χ0n) is 17.9. The molecule has 6 rings (SSSR count). The Morgan fingerprint density at radius 1 is 0.909 bits per heavy atom. The second-order valence-electron chi connectivity index (χ2n) is 8.10. The first-order chi connectivity index (χ1) is 16.0. The molecule has 1 atom stereocenters. The van der Waals surface area contributed by atoms with Gasteiger partial charge < -0.3 is 14.3 Å². The first-order valence-electron chi connectivity index (χ1n) is 10.5. The van der Waals surface area contributed by atoms with E-state index >= 15 is 0 Å². The molecule has 0 aliphatic carbocycles. The molecule has 4 heterocycles. The SMILES string of the molecule is Cn1c(=O)c2c(-c3ccccc3)n3c(c2n(C)c1=O)C(c1ccc(I)o1)Nc1ccccc1-3. The van der Waals surface area contributed by atoms with Crippen molar-refractivity contribution in [2.24, 2.45) is 14.1 Å². The van der Waals surface area contributed by atoms with E-state index in [4.69, 9.17) is 4.42 Å². The molecule has 0 bridgehead atoms. The monoisotopic (exact) mass is 550 g/mol. The Morgan fingerprint density at radius 2 is 1.64 bits per heavy atom. The first-order valence-corrected chi connectivity index (χ1v) is 11.6. The number of halogens is 1. The molecule has 2 aromatic carbocycles. The van der Waals surface area contributed by atoms with Crippen molar-refractivity contribution in [2.75, 3.05) is 5.32 Å². The third-order valence-electron chi connectivity index (χ3n) is 6.25. The number of hydrogen-bond donors (Lipinski definition) is 1. The second-order valence-corrected chi connectivity index (χ2v) is 9.16. The molecule has 1 aliphatic heterocycles. The fourth-order valence-corrected chi connectivity index (χ4v) is 5.22. The molecule has 1 unspecified atom stereocenters. The Hall–Kier alpha value is -3.53. The van der Waals surface area contributed by atoms with Crippen molar-refractivity contribution >= 4 is 39.2 Å². The summed E-state index contributed by atoms with van der Waals surface area (Å²) in [6, 6.07) is 21.2. The van der Waals surface area contributed by atoms with Crippen LogP contribution in [0.5, 0.6) is 0 Å². The molecule has 1 N–H and O–H groups in total. The average Bonchev–Trinajstić information content (AvgIpc) is 3.43. The van der Waals surface area contributed by atoms with Crippen molar-refractivity contribution in [3.63, 3.8) is 0 Å². The van der Waals surface area contributed by atoms with Gasteiger partial charge in [0.1, 0.15) is 11.8 Å². The normalized spacial score (nSPS) is 14.7. The standard InChI is InChI=1S/C25H19IN4O3/c1-28-22-19(24(31)29(2)25(28)32)21(14-8-4-3-5-9-14)30-16-11-7-6-10-15(16)27-20(23(22)30)17-12-13-18(26)33-17/h3-13,20,27H,1-2H3. The van der Waals surface area contributed by atoms with Gasteiger partial charge in [0.2, 0.25) is 0 Å². The fraction of sp³-hybridized carbons (Fsp3) is 0.120. The lowest BCUT2D eigenvalue weighted by molar-refractivity contribution is 0.470. The van der Waals surface area contributed by atoms with E-state index in [1.54, 1.807) is 11.6 Å². The molecule has 33 heavy (non-hydrogen) atoms. The Labute approximate surface area is 202 Å². The minimum atomic E-state index is -0.388. The van der Waals surface area contributed by atoms with Crippen molar-refractivity contribution in [1.82, 2.24) is 13.7 Å². The zero-order chi connectivity index (χ0) is 22.9. The first kappa shape index (κ1) is 20.1. The van der Waals surface area contributed by atoms with Crippen LogP contribution in [0.1, 0.15) is 17.5 Å². The summed E-state index contributed by atoms with van der Waals surface area (Å²) in [4.78, 5) is 26.6. The van der Waals surface area contributed by atoms with Gasteiger partial charge in [0.15, 0.2) is 3.77 Å². The van der Waals surface area contributed by atoms with E-state index in [2.05, 4.69) is 32.5 Å². The second kappa shape index (κ2) is 7.24. The number of benzene rings is 2. The van der Waals surface area contributed by atoms with Crippen LogP contribution in [-0.4, -0.2) is 13.7 Å². The summed E-state index contributed by atoms with van der Waals surface area (Å²) < 4.78 is 11.6. The lowest BCUT2D eigenvalue weighted by Gasteiger charge is -2.29. The Morgan fingerprint density at radius 3 is 2.36 bits per heavy atom. The molecule has 164 valence electrons. The van der Waals surface area contributed by atoms with E-state index in [9.17, 15) is 9.59 Å². The number of nitrogens with one attached hydrogen (secondary N) is 1. The van der Waals surface area contributed by atoms with Gasteiger partial charge in [-0.25, -0.2) is 4.79 Å². The molecule has 0 saturated carbocycles. The maximum atomic E-state index is 13.6. The molecule has 7 nitrogen and oxygen atoms in total. The van der Waals surface area contributed by atoms with E-state index in [1.807, 2.05) is 66.7 Å². The van der Waals surface area contributed by atoms with E-state index in [0.717, 1.165) is 32.1 Å². The number of nitrogens with zero attached hydrogens (tertiary/aromatic N) is 3. The van der Waals surface area contributed by atoms with E-state index in [-0.39, 0.29) is 17.3 Å². The quantitative estimate of drug-likeness (QED) is 0.331. The van der Waals surface area contributed by atoms with Gasteiger partial charge in [-0.1, -0.05) is 42.5 Å². The minimum Gasteiger partial charge on any atom is -0.453 e. The van der Waals surface area contributed by atoms with Crippen molar-refractivity contribution in [3.8, 4) is 16.9 Å². The van der Waals surface area contributed by atoms with Crippen LogP contribution in [0, 0.1) is 3.77 Å². The number of furan rings is 1. The van der Waals surface area contributed by atoms with Crippen molar-refractivity contribution < 1.29 is 4.42 Å². The molecule has 0 amide bonds. The van der Waals surface area contributed by atoms with Crippen LogP contribution in [-0.2, 0) is 14.1 Å². The summed E-state index contributed by atoms with van der Waals surface area (Å²) in [5.74, 6) is 0.710. The molecule has 3 aromatic heterocycles.